The number of aryl methyl sites for hydroxylation is 1. The van der Waals surface area contributed by atoms with Crippen molar-refractivity contribution in [2.24, 2.45) is 0 Å². The quantitative estimate of drug-likeness (QED) is 0.491. The molecule has 0 atom stereocenters. The Bertz CT molecular complexity index is 1030. The lowest BCUT2D eigenvalue weighted by Gasteiger charge is -2.12. The van der Waals surface area contributed by atoms with Gasteiger partial charge in [-0.15, -0.1) is 0 Å². The highest BCUT2D eigenvalue weighted by molar-refractivity contribution is 6.01. The van der Waals surface area contributed by atoms with Gasteiger partial charge in [0.1, 0.15) is 11.6 Å². The van der Waals surface area contributed by atoms with Crippen LogP contribution < -0.4 is 21.1 Å². The van der Waals surface area contributed by atoms with E-state index in [1.165, 1.54) is 6.07 Å². The summed E-state index contributed by atoms with van der Waals surface area (Å²) in [7, 11) is 1.62. The Hall–Kier alpha value is -3.22. The molecule has 0 saturated heterocycles. The summed E-state index contributed by atoms with van der Waals surface area (Å²) in [6.07, 6.45) is 1.85. The summed E-state index contributed by atoms with van der Waals surface area (Å²) in [4.78, 5) is 11.9. The number of carbonyl (C=O) groups is 1. The number of nitrogen functional groups attached to an aromatic ring is 1. The number of rotatable bonds is 7. The summed E-state index contributed by atoms with van der Waals surface area (Å²) in [5.74, 6) is 0.217. The average molecular weight is 398 g/mol. The molecular formula is C22H27FN4O2. The van der Waals surface area contributed by atoms with Crippen LogP contribution in [0.2, 0.25) is 0 Å². The van der Waals surface area contributed by atoms with Gasteiger partial charge in [0.15, 0.2) is 0 Å². The number of amides is 2. The second-order valence-corrected chi connectivity index (χ2v) is 6.82. The van der Waals surface area contributed by atoms with Crippen molar-refractivity contribution in [1.82, 2.24) is 9.88 Å². The first-order chi connectivity index (χ1) is 14.0. The number of urea groups is 1. The number of anilines is 2. The number of halogens is 1. The van der Waals surface area contributed by atoms with Crippen molar-refractivity contribution in [2.75, 3.05) is 24.7 Å². The maximum Gasteiger partial charge on any atom is 0.319 e. The van der Waals surface area contributed by atoms with E-state index in [1.807, 2.05) is 36.6 Å². The molecule has 154 valence electrons. The molecule has 0 spiro atoms. The van der Waals surface area contributed by atoms with E-state index in [9.17, 15) is 9.18 Å². The highest BCUT2D eigenvalue weighted by atomic mass is 19.1. The second kappa shape index (κ2) is 8.86. The molecule has 0 aliphatic heterocycles. The predicted octanol–water partition coefficient (Wildman–Crippen LogP) is 4.98. The number of hydrogen-bond donors (Lipinski definition) is 3. The van der Waals surface area contributed by atoms with Crippen LogP contribution in [0.3, 0.4) is 0 Å². The predicted molar refractivity (Wildman–Crippen MR) is 116 cm³/mol. The summed E-state index contributed by atoms with van der Waals surface area (Å²) in [5.41, 5.74) is 9.44. The number of nitrogens with one attached hydrogen (secondary N) is 2. The Balaban J connectivity index is 1.95. The van der Waals surface area contributed by atoms with Crippen molar-refractivity contribution in [1.29, 1.82) is 0 Å². The summed E-state index contributed by atoms with van der Waals surface area (Å²) in [6, 6.07) is 9.99. The maximum absolute atomic E-state index is 14.7. The monoisotopic (exact) mass is 398 g/mol. The molecule has 7 heteroatoms. The zero-order chi connectivity index (χ0) is 21.0. The Morgan fingerprint density at radius 1 is 1.21 bits per heavy atom. The van der Waals surface area contributed by atoms with Crippen molar-refractivity contribution in [3.05, 3.63) is 42.2 Å². The molecule has 4 N–H and O–H groups in total. The van der Waals surface area contributed by atoms with Crippen LogP contribution >= 0.6 is 0 Å². The average Bonchev–Trinajstić information content (AvgIpc) is 3.00. The third-order valence-corrected chi connectivity index (χ3v) is 4.93. The summed E-state index contributed by atoms with van der Waals surface area (Å²) in [6.45, 7) is 5.26. The van der Waals surface area contributed by atoms with Crippen LogP contribution in [0.15, 0.2) is 36.4 Å². The Kier molecular flexibility index (Phi) is 6.26. The van der Waals surface area contributed by atoms with Crippen LogP contribution in [0.4, 0.5) is 20.6 Å². The van der Waals surface area contributed by atoms with Gasteiger partial charge in [0.25, 0.3) is 0 Å². The van der Waals surface area contributed by atoms with Gasteiger partial charge >= 0.3 is 6.03 Å². The minimum Gasteiger partial charge on any atom is -0.497 e. The zero-order valence-corrected chi connectivity index (χ0v) is 17.0. The van der Waals surface area contributed by atoms with E-state index in [2.05, 4.69) is 10.6 Å². The molecule has 1 aromatic heterocycles. The van der Waals surface area contributed by atoms with Crippen molar-refractivity contribution in [2.45, 2.75) is 33.2 Å². The number of unbranched alkanes of at least 4 members (excludes halogenated alkanes) is 1. The van der Waals surface area contributed by atoms with E-state index in [0.29, 0.717) is 24.3 Å². The fourth-order valence-electron chi connectivity index (χ4n) is 3.43. The smallest absolute Gasteiger partial charge is 0.319 e. The topological polar surface area (TPSA) is 81.3 Å². The van der Waals surface area contributed by atoms with Crippen molar-refractivity contribution in [3.8, 4) is 17.0 Å². The molecule has 3 aromatic rings. The van der Waals surface area contributed by atoms with Gasteiger partial charge in [-0.2, -0.15) is 0 Å². The summed E-state index contributed by atoms with van der Waals surface area (Å²) < 4.78 is 22.1. The van der Waals surface area contributed by atoms with E-state index in [-0.39, 0.29) is 5.69 Å². The highest BCUT2D eigenvalue weighted by Gasteiger charge is 2.18. The Labute approximate surface area is 169 Å². The van der Waals surface area contributed by atoms with E-state index in [4.69, 9.17) is 10.5 Å². The largest absolute Gasteiger partial charge is 0.497 e. The third-order valence-electron chi connectivity index (χ3n) is 4.93. The lowest BCUT2D eigenvalue weighted by atomic mass is 10.1. The molecule has 2 amide bonds. The first-order valence-electron chi connectivity index (χ1n) is 9.80. The van der Waals surface area contributed by atoms with Crippen LogP contribution in [-0.2, 0) is 6.54 Å². The van der Waals surface area contributed by atoms with Crippen LogP contribution in [-0.4, -0.2) is 24.3 Å². The molecule has 0 aliphatic carbocycles. The van der Waals surface area contributed by atoms with Crippen molar-refractivity contribution >= 4 is 28.3 Å². The van der Waals surface area contributed by atoms with Crippen LogP contribution in [0.1, 0.15) is 26.7 Å². The lowest BCUT2D eigenvalue weighted by molar-refractivity contribution is 0.252. The number of nitrogens with zero attached hydrogens (tertiary/aromatic N) is 1. The maximum atomic E-state index is 14.7. The molecule has 0 fully saturated rings. The number of carbonyl (C=O) groups excluding carboxylic acids is 1. The number of fused-ring (bicyclic) bond motifs is 1. The number of ether oxygens (including phenoxy) is 1. The number of nitrogens with two attached hydrogens (primary N) is 1. The molecule has 0 saturated carbocycles. The highest BCUT2D eigenvalue weighted by Crippen LogP contribution is 2.38. The molecule has 3 rings (SSSR count). The molecular weight excluding hydrogens is 371 g/mol. The lowest BCUT2D eigenvalue weighted by Crippen LogP contribution is -2.29. The van der Waals surface area contributed by atoms with Gasteiger partial charge in [-0.1, -0.05) is 19.4 Å². The minimum atomic E-state index is -0.516. The van der Waals surface area contributed by atoms with Crippen molar-refractivity contribution in [3.63, 3.8) is 0 Å². The first kappa shape index (κ1) is 20.5. The minimum absolute atomic E-state index is 0.127. The molecule has 6 nitrogen and oxygen atoms in total. The standard InChI is InChI=1S/C22H27FN4O2/c1-4-6-11-25-22(28)26-18-10-7-14(12-17(18)23)21-20(24)16-9-8-15(29-3)13-19(16)27(21)5-2/h7-10,12-13H,4-6,11,24H2,1-3H3,(H2,25,26,28). The number of hydrogen-bond acceptors (Lipinski definition) is 3. The Morgan fingerprint density at radius 2 is 2.00 bits per heavy atom. The van der Waals surface area contributed by atoms with E-state index in [1.54, 1.807) is 19.2 Å². The number of aromatic nitrogens is 1. The number of benzene rings is 2. The van der Waals surface area contributed by atoms with Crippen LogP contribution in [0.5, 0.6) is 5.75 Å². The fourth-order valence-corrected chi connectivity index (χ4v) is 3.43. The van der Waals surface area contributed by atoms with Gasteiger partial charge in [-0.05, 0) is 37.6 Å². The molecule has 2 aromatic carbocycles. The fraction of sp³-hybridized carbons (Fsp3) is 0.318. The van der Waals surface area contributed by atoms with E-state index in [0.717, 1.165) is 35.2 Å². The molecule has 29 heavy (non-hydrogen) atoms. The first-order valence-corrected chi connectivity index (χ1v) is 9.80. The van der Waals surface area contributed by atoms with Gasteiger partial charge in [0.2, 0.25) is 0 Å². The normalized spacial score (nSPS) is 10.9. The van der Waals surface area contributed by atoms with Crippen LogP contribution in [0, 0.1) is 5.82 Å². The molecule has 0 unspecified atom stereocenters. The van der Waals surface area contributed by atoms with Gasteiger partial charge in [-0.25, -0.2) is 9.18 Å². The van der Waals surface area contributed by atoms with Gasteiger partial charge in [0, 0.05) is 30.1 Å². The summed E-state index contributed by atoms with van der Waals surface area (Å²) in [5, 5.41) is 6.15. The van der Waals surface area contributed by atoms with E-state index < -0.39 is 11.8 Å². The van der Waals surface area contributed by atoms with E-state index >= 15 is 0 Å². The molecule has 0 radical (unpaired) electrons. The van der Waals surface area contributed by atoms with Gasteiger partial charge < -0.3 is 25.7 Å². The number of methoxy groups -OCH3 is 1. The van der Waals surface area contributed by atoms with Gasteiger partial charge in [-0.3, -0.25) is 0 Å². The molecule has 1 heterocycles. The van der Waals surface area contributed by atoms with Crippen LogP contribution in [0.25, 0.3) is 22.2 Å². The van der Waals surface area contributed by atoms with Gasteiger partial charge in [0.05, 0.1) is 29.7 Å². The Morgan fingerprint density at radius 3 is 2.66 bits per heavy atom. The van der Waals surface area contributed by atoms with Crippen molar-refractivity contribution < 1.29 is 13.9 Å². The zero-order valence-electron chi connectivity index (χ0n) is 17.0. The molecule has 0 bridgehead atoms. The summed E-state index contributed by atoms with van der Waals surface area (Å²) >= 11 is 0. The second-order valence-electron chi connectivity index (χ2n) is 6.82. The third kappa shape index (κ3) is 4.13. The SMILES string of the molecule is CCCCNC(=O)Nc1ccc(-c2c(N)c3ccc(OC)cc3n2CC)cc1F. The molecule has 0 aliphatic rings.